The molecule has 0 bridgehead atoms. The number of carbonyl (C=O) groups is 2. The summed E-state index contributed by atoms with van der Waals surface area (Å²) in [6.07, 6.45) is 12.5. The van der Waals surface area contributed by atoms with E-state index in [1.54, 1.807) is 26.6 Å². The molecule has 0 saturated heterocycles. The topological polar surface area (TPSA) is 101 Å². The monoisotopic (exact) mass is 494 g/mol. The van der Waals surface area contributed by atoms with E-state index in [0.29, 0.717) is 12.8 Å². The predicted octanol–water partition coefficient (Wildman–Crippen LogP) is 5.21. The maximum atomic E-state index is 11.9. The fraction of sp³-hybridized carbons (Fsp3) is 0.429. The Bertz CT molecular complexity index is 877. The van der Waals surface area contributed by atoms with Crippen LogP contribution in [0.25, 0.3) is 0 Å². The van der Waals surface area contributed by atoms with Crippen LogP contribution in [0.3, 0.4) is 0 Å². The van der Waals surface area contributed by atoms with E-state index in [1.165, 1.54) is 0 Å². The van der Waals surface area contributed by atoms with E-state index in [4.69, 9.17) is 9.47 Å². The van der Waals surface area contributed by atoms with Crippen molar-refractivity contribution in [3.8, 4) is 11.5 Å². The Labute approximate surface area is 214 Å². The second-order valence-corrected chi connectivity index (χ2v) is 8.46. The third kappa shape index (κ3) is 12.7. The quantitative estimate of drug-likeness (QED) is 0.179. The summed E-state index contributed by atoms with van der Waals surface area (Å²) >= 11 is 0. The summed E-state index contributed by atoms with van der Waals surface area (Å²) in [7, 11) is 3.24. The molecule has 0 aliphatic rings. The van der Waals surface area contributed by atoms with E-state index >= 15 is 0 Å². The first-order valence-corrected chi connectivity index (χ1v) is 12.5. The van der Waals surface area contributed by atoms with Crippen molar-refractivity contribution in [1.29, 1.82) is 0 Å². The molecule has 0 atom stereocenters. The summed E-state index contributed by atoms with van der Waals surface area (Å²) in [6, 6.07) is 14.9. The van der Waals surface area contributed by atoms with Crippen LogP contribution in [0.15, 0.2) is 58.7 Å². The van der Waals surface area contributed by atoms with E-state index in [1.807, 2.05) is 48.5 Å². The molecule has 2 rings (SSSR count). The van der Waals surface area contributed by atoms with Crippen LogP contribution in [0.1, 0.15) is 75.3 Å². The number of rotatable bonds is 17. The van der Waals surface area contributed by atoms with Gasteiger partial charge in [0, 0.05) is 12.8 Å². The first kappa shape index (κ1) is 28.6. The zero-order valence-electron chi connectivity index (χ0n) is 21.4. The van der Waals surface area contributed by atoms with Crippen molar-refractivity contribution in [2.75, 3.05) is 14.2 Å². The number of hydrazone groups is 2. The van der Waals surface area contributed by atoms with Crippen LogP contribution in [0.4, 0.5) is 0 Å². The highest BCUT2D eigenvalue weighted by molar-refractivity contribution is 5.83. The van der Waals surface area contributed by atoms with Gasteiger partial charge < -0.3 is 9.47 Å². The van der Waals surface area contributed by atoms with Gasteiger partial charge in [-0.25, -0.2) is 10.9 Å². The molecule has 0 unspecified atom stereocenters. The standard InChI is InChI=1S/C28H38N4O4/c1-35-25-17-13-23(14-18-25)21-29-31-27(33)11-9-7-5-3-4-6-8-10-12-28(34)32-30-22-24-15-19-26(36-2)20-16-24/h13-22H,3-12H2,1-2H3,(H,31,33)(H,32,34)/b29-21-,30-22-. The summed E-state index contributed by atoms with van der Waals surface area (Å²) in [5.74, 6) is 1.44. The van der Waals surface area contributed by atoms with Crippen LogP contribution in [-0.2, 0) is 9.59 Å². The van der Waals surface area contributed by atoms with Crippen LogP contribution < -0.4 is 20.3 Å². The smallest absolute Gasteiger partial charge is 0.240 e. The van der Waals surface area contributed by atoms with Gasteiger partial charge in [0.25, 0.3) is 0 Å². The number of hydrogen-bond acceptors (Lipinski definition) is 6. The molecule has 36 heavy (non-hydrogen) atoms. The Hall–Kier alpha value is -3.68. The minimum Gasteiger partial charge on any atom is -0.497 e. The Balaban J connectivity index is 1.40. The van der Waals surface area contributed by atoms with E-state index in [-0.39, 0.29) is 11.8 Å². The molecule has 2 N–H and O–H groups in total. The Morgan fingerprint density at radius 3 is 1.28 bits per heavy atom. The Morgan fingerprint density at radius 2 is 0.944 bits per heavy atom. The van der Waals surface area contributed by atoms with Gasteiger partial charge in [-0.2, -0.15) is 10.2 Å². The maximum Gasteiger partial charge on any atom is 0.240 e. The number of nitrogens with one attached hydrogen (secondary N) is 2. The molecule has 2 aromatic carbocycles. The second-order valence-electron chi connectivity index (χ2n) is 8.46. The number of ether oxygens (including phenoxy) is 2. The minimum atomic E-state index is -0.0635. The van der Waals surface area contributed by atoms with Gasteiger partial charge in [0.15, 0.2) is 0 Å². The largest absolute Gasteiger partial charge is 0.497 e. The molecule has 8 heteroatoms. The molecule has 2 amide bonds. The molecular formula is C28H38N4O4. The Kier molecular flexibility index (Phi) is 14.0. The van der Waals surface area contributed by atoms with Crippen molar-refractivity contribution >= 4 is 24.2 Å². The summed E-state index contributed by atoms with van der Waals surface area (Å²) < 4.78 is 10.2. The zero-order chi connectivity index (χ0) is 25.8. The lowest BCUT2D eigenvalue weighted by Gasteiger charge is -2.03. The average molecular weight is 495 g/mol. The molecule has 0 heterocycles. The molecule has 0 aliphatic carbocycles. The van der Waals surface area contributed by atoms with Crippen LogP contribution >= 0.6 is 0 Å². The van der Waals surface area contributed by atoms with Gasteiger partial charge in [0.1, 0.15) is 11.5 Å². The van der Waals surface area contributed by atoms with Crippen molar-refractivity contribution in [3.05, 3.63) is 59.7 Å². The molecule has 0 aliphatic heterocycles. The number of benzene rings is 2. The van der Waals surface area contributed by atoms with Gasteiger partial charge >= 0.3 is 0 Å². The van der Waals surface area contributed by atoms with Gasteiger partial charge in [-0.3, -0.25) is 9.59 Å². The highest BCUT2D eigenvalue weighted by atomic mass is 16.5. The van der Waals surface area contributed by atoms with Gasteiger partial charge in [-0.15, -0.1) is 0 Å². The third-order valence-electron chi connectivity index (χ3n) is 5.60. The SMILES string of the molecule is COc1ccc(/C=N\NC(=O)CCCCCCCCCCC(=O)N/N=C\c2ccc(OC)cc2)cc1. The molecular weight excluding hydrogens is 456 g/mol. The van der Waals surface area contributed by atoms with E-state index < -0.39 is 0 Å². The second kappa shape index (κ2) is 17.7. The van der Waals surface area contributed by atoms with Gasteiger partial charge in [-0.1, -0.05) is 38.5 Å². The van der Waals surface area contributed by atoms with Gasteiger partial charge in [0.05, 0.1) is 26.6 Å². The highest BCUT2D eigenvalue weighted by Crippen LogP contribution is 2.12. The molecule has 194 valence electrons. The Morgan fingerprint density at radius 1 is 0.611 bits per heavy atom. The summed E-state index contributed by atoms with van der Waals surface area (Å²) in [5, 5.41) is 7.99. The van der Waals surface area contributed by atoms with E-state index in [0.717, 1.165) is 74.0 Å². The van der Waals surface area contributed by atoms with Crippen LogP contribution in [-0.4, -0.2) is 38.5 Å². The van der Waals surface area contributed by atoms with Crippen molar-refractivity contribution in [1.82, 2.24) is 10.9 Å². The molecule has 0 radical (unpaired) electrons. The minimum absolute atomic E-state index is 0.0635. The van der Waals surface area contributed by atoms with Crippen LogP contribution in [0.5, 0.6) is 11.5 Å². The first-order chi connectivity index (χ1) is 17.6. The van der Waals surface area contributed by atoms with Crippen molar-refractivity contribution < 1.29 is 19.1 Å². The van der Waals surface area contributed by atoms with Crippen molar-refractivity contribution in [3.63, 3.8) is 0 Å². The maximum absolute atomic E-state index is 11.9. The van der Waals surface area contributed by atoms with Crippen LogP contribution in [0.2, 0.25) is 0 Å². The summed E-state index contributed by atoms with van der Waals surface area (Å²) in [5.41, 5.74) is 6.94. The summed E-state index contributed by atoms with van der Waals surface area (Å²) in [4.78, 5) is 23.7. The average Bonchev–Trinajstić information content (AvgIpc) is 2.90. The number of amides is 2. The van der Waals surface area contributed by atoms with Crippen molar-refractivity contribution in [2.45, 2.75) is 64.2 Å². The molecule has 0 fully saturated rings. The molecule has 8 nitrogen and oxygen atoms in total. The molecule has 2 aromatic rings. The lowest BCUT2D eigenvalue weighted by molar-refractivity contribution is -0.122. The lowest BCUT2D eigenvalue weighted by atomic mass is 10.1. The fourth-order valence-electron chi connectivity index (χ4n) is 3.48. The number of methoxy groups -OCH3 is 2. The number of unbranched alkanes of at least 4 members (excludes halogenated alkanes) is 7. The fourth-order valence-corrected chi connectivity index (χ4v) is 3.48. The highest BCUT2D eigenvalue weighted by Gasteiger charge is 2.01. The summed E-state index contributed by atoms with van der Waals surface area (Å²) in [6.45, 7) is 0. The number of carbonyl (C=O) groups excluding carboxylic acids is 2. The van der Waals surface area contributed by atoms with Gasteiger partial charge in [-0.05, 0) is 72.5 Å². The predicted molar refractivity (Wildman–Crippen MR) is 144 cm³/mol. The van der Waals surface area contributed by atoms with E-state index in [2.05, 4.69) is 21.1 Å². The zero-order valence-corrected chi connectivity index (χ0v) is 21.4. The number of hydrogen-bond donors (Lipinski definition) is 2. The number of nitrogens with zero attached hydrogens (tertiary/aromatic N) is 2. The molecule has 0 aromatic heterocycles. The lowest BCUT2D eigenvalue weighted by Crippen LogP contribution is -2.16. The third-order valence-corrected chi connectivity index (χ3v) is 5.60. The van der Waals surface area contributed by atoms with Gasteiger partial charge in [0.2, 0.25) is 11.8 Å². The normalized spacial score (nSPS) is 11.1. The van der Waals surface area contributed by atoms with E-state index in [9.17, 15) is 9.59 Å². The van der Waals surface area contributed by atoms with Crippen LogP contribution in [0, 0.1) is 0 Å². The van der Waals surface area contributed by atoms with Crippen molar-refractivity contribution in [2.24, 2.45) is 10.2 Å². The first-order valence-electron chi connectivity index (χ1n) is 12.5. The molecule has 0 spiro atoms. The molecule has 0 saturated carbocycles.